The average Bonchev–Trinajstić information content (AvgIpc) is 2.73. The molecule has 5 nitrogen and oxygen atoms in total. The second-order valence-electron chi connectivity index (χ2n) is 4.33. The molecule has 1 unspecified atom stereocenters. The van der Waals surface area contributed by atoms with Gasteiger partial charge in [0.05, 0.1) is 5.02 Å². The van der Waals surface area contributed by atoms with E-state index in [0.717, 1.165) is 0 Å². The molecule has 0 saturated heterocycles. The molecule has 0 aromatic heterocycles. The predicted molar refractivity (Wildman–Crippen MR) is 66.2 cm³/mol. The van der Waals surface area contributed by atoms with Crippen molar-refractivity contribution in [3.8, 4) is 11.5 Å². The number of carboxylic acid groups (broad SMARTS) is 1. The van der Waals surface area contributed by atoms with E-state index in [9.17, 15) is 9.90 Å². The van der Waals surface area contributed by atoms with Crippen LogP contribution in [0.3, 0.4) is 0 Å². The molecule has 1 aromatic carbocycles. The molecule has 0 bridgehead atoms. The van der Waals surface area contributed by atoms with Gasteiger partial charge in [0.2, 0.25) is 6.79 Å². The highest BCUT2D eigenvalue weighted by molar-refractivity contribution is 6.32. The maximum absolute atomic E-state index is 11.3. The number of ether oxygens (including phenoxy) is 2. The van der Waals surface area contributed by atoms with Crippen LogP contribution in [0.25, 0.3) is 0 Å². The fourth-order valence-corrected chi connectivity index (χ4v) is 2.07. The first kappa shape index (κ1) is 13.0. The van der Waals surface area contributed by atoms with Crippen molar-refractivity contribution in [1.29, 1.82) is 0 Å². The summed E-state index contributed by atoms with van der Waals surface area (Å²) in [4.78, 5) is 11.3. The lowest BCUT2D eigenvalue weighted by Crippen LogP contribution is -2.33. The summed E-state index contributed by atoms with van der Waals surface area (Å²) < 4.78 is 10.4. The molecule has 6 heteroatoms. The Morgan fingerprint density at radius 1 is 1.44 bits per heavy atom. The monoisotopic (exact) mass is 271 g/mol. The number of hydrogen-bond acceptors (Lipinski definition) is 4. The highest BCUT2D eigenvalue weighted by Gasteiger charge is 2.25. The average molecular weight is 272 g/mol. The third-order valence-electron chi connectivity index (χ3n) is 2.53. The normalized spacial score (nSPS) is 14.9. The van der Waals surface area contributed by atoms with E-state index < -0.39 is 12.0 Å². The molecule has 1 aromatic rings. The van der Waals surface area contributed by atoms with Crippen LogP contribution < -0.4 is 14.8 Å². The van der Waals surface area contributed by atoms with Crippen LogP contribution in [0.4, 0.5) is 0 Å². The number of fused-ring (bicyclic) bond motifs is 1. The minimum atomic E-state index is -0.960. The second-order valence-corrected chi connectivity index (χ2v) is 4.74. The molecule has 0 radical (unpaired) electrons. The van der Waals surface area contributed by atoms with E-state index in [4.69, 9.17) is 21.1 Å². The number of rotatable bonds is 4. The minimum absolute atomic E-state index is 0.0373. The van der Waals surface area contributed by atoms with E-state index in [1.807, 2.05) is 13.8 Å². The van der Waals surface area contributed by atoms with Gasteiger partial charge in [-0.25, -0.2) is 0 Å². The molecule has 1 aliphatic rings. The molecule has 2 N–H and O–H groups in total. The fourth-order valence-electron chi connectivity index (χ4n) is 1.80. The highest BCUT2D eigenvalue weighted by atomic mass is 35.5. The van der Waals surface area contributed by atoms with Gasteiger partial charge in [-0.1, -0.05) is 11.6 Å². The predicted octanol–water partition coefficient (Wildman–Crippen LogP) is 2.19. The Hall–Kier alpha value is -1.46. The van der Waals surface area contributed by atoms with Gasteiger partial charge in [0.1, 0.15) is 6.04 Å². The van der Waals surface area contributed by atoms with E-state index in [2.05, 4.69) is 5.32 Å². The Morgan fingerprint density at radius 2 is 2.17 bits per heavy atom. The Balaban J connectivity index is 2.36. The SMILES string of the molecule is CC(C)NC(C(=O)O)c1cc(Cl)c2c(c1)OCO2. The van der Waals surface area contributed by atoms with Crippen LogP contribution >= 0.6 is 11.6 Å². The lowest BCUT2D eigenvalue weighted by Gasteiger charge is -2.18. The summed E-state index contributed by atoms with van der Waals surface area (Å²) in [5.41, 5.74) is 0.547. The number of aliphatic carboxylic acids is 1. The van der Waals surface area contributed by atoms with Gasteiger partial charge in [0.15, 0.2) is 11.5 Å². The van der Waals surface area contributed by atoms with Crippen molar-refractivity contribution < 1.29 is 19.4 Å². The van der Waals surface area contributed by atoms with Crippen LogP contribution in [-0.4, -0.2) is 23.9 Å². The van der Waals surface area contributed by atoms with Crippen LogP contribution in [0.15, 0.2) is 12.1 Å². The maximum atomic E-state index is 11.3. The van der Waals surface area contributed by atoms with Crippen molar-refractivity contribution in [3.63, 3.8) is 0 Å². The molecule has 0 amide bonds. The van der Waals surface area contributed by atoms with E-state index in [1.54, 1.807) is 12.1 Å². The molecule has 18 heavy (non-hydrogen) atoms. The van der Waals surface area contributed by atoms with Crippen molar-refractivity contribution in [1.82, 2.24) is 5.32 Å². The third kappa shape index (κ3) is 2.52. The minimum Gasteiger partial charge on any atom is -0.480 e. The zero-order chi connectivity index (χ0) is 13.3. The number of nitrogens with one attached hydrogen (secondary N) is 1. The van der Waals surface area contributed by atoms with Crippen molar-refractivity contribution in [2.45, 2.75) is 25.9 Å². The lowest BCUT2D eigenvalue weighted by molar-refractivity contribution is -0.139. The van der Waals surface area contributed by atoms with Crippen molar-refractivity contribution in [2.24, 2.45) is 0 Å². The van der Waals surface area contributed by atoms with Crippen LogP contribution in [-0.2, 0) is 4.79 Å². The first-order valence-corrected chi connectivity index (χ1v) is 5.94. The van der Waals surface area contributed by atoms with Crippen LogP contribution in [0.2, 0.25) is 5.02 Å². The molecular weight excluding hydrogens is 258 g/mol. The van der Waals surface area contributed by atoms with Gasteiger partial charge in [-0.05, 0) is 31.5 Å². The first-order valence-electron chi connectivity index (χ1n) is 5.57. The number of carboxylic acids is 1. The van der Waals surface area contributed by atoms with E-state index >= 15 is 0 Å². The van der Waals surface area contributed by atoms with Gasteiger partial charge in [0, 0.05) is 6.04 Å². The maximum Gasteiger partial charge on any atom is 0.325 e. The summed E-state index contributed by atoms with van der Waals surface area (Å²) in [6.07, 6.45) is 0. The zero-order valence-electron chi connectivity index (χ0n) is 10.1. The van der Waals surface area contributed by atoms with E-state index in [1.165, 1.54) is 0 Å². The lowest BCUT2D eigenvalue weighted by atomic mass is 10.1. The Labute approximate surface area is 110 Å². The molecule has 0 fully saturated rings. The van der Waals surface area contributed by atoms with Crippen molar-refractivity contribution in [3.05, 3.63) is 22.7 Å². The Morgan fingerprint density at radius 3 is 2.78 bits per heavy atom. The van der Waals surface area contributed by atoms with Gasteiger partial charge < -0.3 is 14.6 Å². The number of benzene rings is 1. The standard InChI is InChI=1S/C12H14ClNO4/c1-6(2)14-10(12(15)16)7-3-8(13)11-9(4-7)17-5-18-11/h3-4,6,10,14H,5H2,1-2H3,(H,15,16). The highest BCUT2D eigenvalue weighted by Crippen LogP contribution is 2.41. The van der Waals surface area contributed by atoms with E-state index in [0.29, 0.717) is 22.1 Å². The molecule has 2 rings (SSSR count). The van der Waals surface area contributed by atoms with Crippen LogP contribution in [0, 0.1) is 0 Å². The fraction of sp³-hybridized carbons (Fsp3) is 0.417. The van der Waals surface area contributed by atoms with Gasteiger partial charge >= 0.3 is 5.97 Å². The van der Waals surface area contributed by atoms with Crippen molar-refractivity contribution in [2.75, 3.05) is 6.79 Å². The largest absolute Gasteiger partial charge is 0.480 e. The molecule has 1 atom stereocenters. The number of halogens is 1. The van der Waals surface area contributed by atoms with Gasteiger partial charge in [-0.3, -0.25) is 10.1 Å². The Kier molecular flexibility index (Phi) is 3.63. The molecule has 0 spiro atoms. The summed E-state index contributed by atoms with van der Waals surface area (Å²) in [6, 6.07) is 2.44. The van der Waals surface area contributed by atoms with Crippen LogP contribution in [0.1, 0.15) is 25.5 Å². The number of hydrogen-bond donors (Lipinski definition) is 2. The summed E-state index contributed by atoms with van der Waals surface area (Å²) in [5.74, 6) is -0.0120. The Bertz CT molecular complexity index is 475. The summed E-state index contributed by atoms with van der Waals surface area (Å²) in [7, 11) is 0. The number of carbonyl (C=O) groups is 1. The smallest absolute Gasteiger partial charge is 0.325 e. The first-order chi connectivity index (χ1) is 8.49. The summed E-state index contributed by atoms with van der Waals surface area (Å²) in [6.45, 7) is 3.86. The van der Waals surface area contributed by atoms with Crippen LogP contribution in [0.5, 0.6) is 11.5 Å². The molecule has 1 aliphatic heterocycles. The quantitative estimate of drug-likeness (QED) is 0.879. The summed E-state index contributed by atoms with van der Waals surface area (Å²) >= 11 is 6.03. The topological polar surface area (TPSA) is 67.8 Å². The van der Waals surface area contributed by atoms with Crippen molar-refractivity contribution >= 4 is 17.6 Å². The second kappa shape index (κ2) is 5.04. The van der Waals surface area contributed by atoms with Gasteiger partial charge in [-0.2, -0.15) is 0 Å². The van der Waals surface area contributed by atoms with E-state index in [-0.39, 0.29) is 12.8 Å². The molecular formula is C12H14ClNO4. The third-order valence-corrected chi connectivity index (χ3v) is 2.81. The molecule has 0 saturated carbocycles. The van der Waals surface area contributed by atoms with Gasteiger partial charge in [-0.15, -0.1) is 0 Å². The molecule has 0 aliphatic carbocycles. The zero-order valence-corrected chi connectivity index (χ0v) is 10.8. The molecule has 98 valence electrons. The summed E-state index contributed by atoms with van der Waals surface area (Å²) in [5, 5.41) is 12.6. The van der Waals surface area contributed by atoms with Gasteiger partial charge in [0.25, 0.3) is 0 Å². The molecule has 1 heterocycles.